The molecule has 0 fully saturated rings. The summed E-state index contributed by atoms with van der Waals surface area (Å²) in [5.41, 5.74) is 1.04. The SMILES string of the molecule is CNc1cc(Sc2cccc(C)c2)nc(C(F)(F)F)n1. The number of anilines is 1. The molecule has 0 saturated heterocycles. The number of halogens is 3. The fourth-order valence-corrected chi connectivity index (χ4v) is 2.47. The van der Waals surface area contributed by atoms with Crippen molar-refractivity contribution in [3.63, 3.8) is 0 Å². The summed E-state index contributed by atoms with van der Waals surface area (Å²) in [5.74, 6) is -0.998. The highest BCUT2D eigenvalue weighted by Gasteiger charge is 2.35. The number of rotatable bonds is 3. The second kappa shape index (κ2) is 5.70. The van der Waals surface area contributed by atoms with Gasteiger partial charge >= 0.3 is 6.18 Å². The van der Waals surface area contributed by atoms with Crippen LogP contribution >= 0.6 is 11.8 Å². The third kappa shape index (κ3) is 3.63. The van der Waals surface area contributed by atoms with Crippen molar-refractivity contribution in [2.24, 2.45) is 0 Å². The first-order valence-corrected chi connectivity index (χ1v) is 6.58. The van der Waals surface area contributed by atoms with Gasteiger partial charge in [-0.25, -0.2) is 9.97 Å². The maximum atomic E-state index is 12.7. The molecule has 1 heterocycles. The van der Waals surface area contributed by atoms with Gasteiger partial charge in [0, 0.05) is 18.0 Å². The maximum absolute atomic E-state index is 12.7. The van der Waals surface area contributed by atoms with Crippen LogP contribution in [0.5, 0.6) is 0 Å². The highest BCUT2D eigenvalue weighted by molar-refractivity contribution is 7.99. The Labute approximate surface area is 118 Å². The molecule has 0 amide bonds. The molecule has 0 bridgehead atoms. The quantitative estimate of drug-likeness (QED) is 0.869. The van der Waals surface area contributed by atoms with E-state index in [0.29, 0.717) is 0 Å². The van der Waals surface area contributed by atoms with E-state index < -0.39 is 12.0 Å². The van der Waals surface area contributed by atoms with Gasteiger partial charge in [0.15, 0.2) is 0 Å². The minimum Gasteiger partial charge on any atom is -0.373 e. The number of benzene rings is 1. The van der Waals surface area contributed by atoms with Gasteiger partial charge in [0.25, 0.3) is 0 Å². The van der Waals surface area contributed by atoms with Crippen LogP contribution in [0.25, 0.3) is 0 Å². The van der Waals surface area contributed by atoms with Gasteiger partial charge in [-0.15, -0.1) is 0 Å². The lowest BCUT2D eigenvalue weighted by Crippen LogP contribution is -2.12. The van der Waals surface area contributed by atoms with E-state index in [2.05, 4.69) is 15.3 Å². The number of aromatic nitrogens is 2. The zero-order chi connectivity index (χ0) is 14.8. The lowest BCUT2D eigenvalue weighted by atomic mass is 10.2. The summed E-state index contributed by atoms with van der Waals surface area (Å²) >= 11 is 1.17. The molecule has 7 heteroatoms. The molecule has 0 unspecified atom stereocenters. The molecule has 1 aromatic heterocycles. The van der Waals surface area contributed by atoms with E-state index >= 15 is 0 Å². The third-order valence-corrected chi connectivity index (χ3v) is 3.33. The van der Waals surface area contributed by atoms with Gasteiger partial charge < -0.3 is 5.32 Å². The molecule has 2 aromatic rings. The lowest BCUT2D eigenvalue weighted by Gasteiger charge is -2.09. The molecule has 0 saturated carbocycles. The van der Waals surface area contributed by atoms with Crippen molar-refractivity contribution >= 4 is 17.6 Å². The molecule has 0 aliphatic rings. The van der Waals surface area contributed by atoms with Gasteiger partial charge in [-0.3, -0.25) is 0 Å². The van der Waals surface area contributed by atoms with Crippen molar-refractivity contribution in [2.75, 3.05) is 12.4 Å². The number of aryl methyl sites for hydroxylation is 1. The second-order valence-corrected chi connectivity index (χ2v) is 5.18. The van der Waals surface area contributed by atoms with Crippen molar-refractivity contribution in [3.8, 4) is 0 Å². The summed E-state index contributed by atoms with van der Waals surface area (Å²) < 4.78 is 38.2. The van der Waals surface area contributed by atoms with Crippen LogP contribution < -0.4 is 5.32 Å². The fraction of sp³-hybridized carbons (Fsp3) is 0.231. The Morgan fingerprint density at radius 3 is 2.50 bits per heavy atom. The molecule has 0 aliphatic carbocycles. The Kier molecular flexibility index (Phi) is 4.17. The first-order valence-electron chi connectivity index (χ1n) is 5.77. The maximum Gasteiger partial charge on any atom is 0.451 e. The molecule has 1 aromatic carbocycles. The lowest BCUT2D eigenvalue weighted by molar-refractivity contribution is -0.145. The van der Waals surface area contributed by atoms with Crippen molar-refractivity contribution < 1.29 is 13.2 Å². The average Bonchev–Trinajstić information content (AvgIpc) is 2.37. The van der Waals surface area contributed by atoms with Crippen molar-refractivity contribution in [2.45, 2.75) is 23.0 Å². The van der Waals surface area contributed by atoms with E-state index in [4.69, 9.17) is 0 Å². The number of hydrogen-bond donors (Lipinski definition) is 1. The fourth-order valence-electron chi connectivity index (χ4n) is 1.53. The van der Waals surface area contributed by atoms with E-state index in [0.717, 1.165) is 10.5 Å². The van der Waals surface area contributed by atoms with Gasteiger partial charge in [0.2, 0.25) is 5.82 Å². The monoisotopic (exact) mass is 299 g/mol. The van der Waals surface area contributed by atoms with Crippen LogP contribution in [0.15, 0.2) is 40.3 Å². The highest BCUT2D eigenvalue weighted by atomic mass is 32.2. The topological polar surface area (TPSA) is 37.8 Å². The van der Waals surface area contributed by atoms with Crippen molar-refractivity contribution in [1.82, 2.24) is 9.97 Å². The Hall–Kier alpha value is -1.76. The number of alkyl halides is 3. The van der Waals surface area contributed by atoms with Crippen LogP contribution in [-0.2, 0) is 6.18 Å². The van der Waals surface area contributed by atoms with E-state index in [9.17, 15) is 13.2 Å². The van der Waals surface area contributed by atoms with Gasteiger partial charge in [-0.05, 0) is 19.1 Å². The number of nitrogens with one attached hydrogen (secondary N) is 1. The van der Waals surface area contributed by atoms with Crippen LogP contribution in [0, 0.1) is 6.92 Å². The smallest absolute Gasteiger partial charge is 0.373 e. The van der Waals surface area contributed by atoms with Gasteiger partial charge in [0.05, 0.1) is 0 Å². The summed E-state index contributed by atoms with van der Waals surface area (Å²) in [6.07, 6.45) is -4.56. The Morgan fingerprint density at radius 2 is 1.90 bits per heavy atom. The molecular formula is C13H12F3N3S. The van der Waals surface area contributed by atoms with Crippen molar-refractivity contribution in [3.05, 3.63) is 41.7 Å². The predicted octanol–water partition coefficient (Wildman–Crippen LogP) is 4.00. The zero-order valence-corrected chi connectivity index (χ0v) is 11.6. The number of nitrogens with zero attached hydrogens (tertiary/aromatic N) is 2. The van der Waals surface area contributed by atoms with Gasteiger partial charge in [-0.1, -0.05) is 29.5 Å². The summed E-state index contributed by atoms with van der Waals surface area (Å²) in [4.78, 5) is 7.82. The summed E-state index contributed by atoms with van der Waals surface area (Å²) in [5, 5.41) is 2.86. The normalized spacial score (nSPS) is 11.4. The highest BCUT2D eigenvalue weighted by Crippen LogP contribution is 2.32. The molecular weight excluding hydrogens is 287 g/mol. The molecule has 106 valence electrons. The van der Waals surface area contributed by atoms with Crippen LogP contribution in [-0.4, -0.2) is 17.0 Å². The first-order chi connectivity index (χ1) is 9.38. The van der Waals surface area contributed by atoms with Crippen LogP contribution in [0.3, 0.4) is 0 Å². The van der Waals surface area contributed by atoms with Gasteiger partial charge in [0.1, 0.15) is 10.8 Å². The zero-order valence-electron chi connectivity index (χ0n) is 10.8. The van der Waals surface area contributed by atoms with Crippen molar-refractivity contribution in [1.29, 1.82) is 0 Å². The molecule has 20 heavy (non-hydrogen) atoms. The summed E-state index contributed by atoms with van der Waals surface area (Å²) in [6, 6.07) is 8.97. The molecule has 1 N–H and O–H groups in total. The number of hydrogen-bond acceptors (Lipinski definition) is 4. The first kappa shape index (κ1) is 14.6. The minimum atomic E-state index is -4.56. The molecule has 0 radical (unpaired) electrons. The standard InChI is InChI=1S/C13H12F3N3S/c1-8-4-3-5-9(6-8)20-11-7-10(17-2)18-12(19-11)13(14,15)16/h3-7H,1-2H3,(H,17,18,19). The van der Waals surface area contributed by atoms with E-state index in [1.807, 2.05) is 31.2 Å². The summed E-state index contributed by atoms with van der Waals surface area (Å²) in [7, 11) is 1.52. The molecule has 0 atom stereocenters. The largest absolute Gasteiger partial charge is 0.451 e. The van der Waals surface area contributed by atoms with Crippen LogP contribution in [0.4, 0.5) is 19.0 Å². The molecule has 0 spiro atoms. The molecule has 0 aliphatic heterocycles. The second-order valence-electron chi connectivity index (χ2n) is 4.08. The Morgan fingerprint density at radius 1 is 1.15 bits per heavy atom. The third-order valence-electron chi connectivity index (χ3n) is 2.42. The minimum absolute atomic E-state index is 0.141. The molecule has 2 rings (SSSR count). The van der Waals surface area contributed by atoms with E-state index in [1.165, 1.54) is 24.9 Å². The van der Waals surface area contributed by atoms with E-state index in [1.54, 1.807) is 0 Å². The van der Waals surface area contributed by atoms with Gasteiger partial charge in [-0.2, -0.15) is 13.2 Å². The van der Waals surface area contributed by atoms with Crippen LogP contribution in [0.1, 0.15) is 11.4 Å². The molecule has 3 nitrogen and oxygen atoms in total. The van der Waals surface area contributed by atoms with E-state index in [-0.39, 0.29) is 10.8 Å². The Bertz CT molecular complexity index is 614. The van der Waals surface area contributed by atoms with Crippen LogP contribution in [0.2, 0.25) is 0 Å². The Balaban J connectivity index is 2.36. The average molecular weight is 299 g/mol. The summed E-state index contributed by atoms with van der Waals surface area (Å²) in [6.45, 7) is 1.92. The predicted molar refractivity (Wildman–Crippen MR) is 71.9 cm³/mol.